The maximum atomic E-state index is 11.9. The second-order valence-electron chi connectivity index (χ2n) is 2.69. The van der Waals surface area contributed by atoms with Gasteiger partial charge in [0.2, 0.25) is 0 Å². The van der Waals surface area contributed by atoms with Gasteiger partial charge in [0.05, 0.1) is 0 Å². The number of hydrogen-bond acceptors (Lipinski definition) is 2. The van der Waals surface area contributed by atoms with Crippen molar-refractivity contribution in [1.29, 1.82) is 0 Å². The molecule has 8 heteroatoms. The van der Waals surface area contributed by atoms with Gasteiger partial charge in [0.1, 0.15) is 0 Å². The fourth-order valence-corrected chi connectivity index (χ4v) is 1.28. The van der Waals surface area contributed by atoms with Crippen LogP contribution in [0.15, 0.2) is 30.3 Å². The molecule has 1 aromatic rings. The number of sulfonamides is 1. The molecule has 1 rings (SSSR count). The first-order valence-electron chi connectivity index (χ1n) is 3.87. The molecule has 16 heavy (non-hydrogen) atoms. The van der Waals surface area contributed by atoms with Crippen molar-refractivity contribution < 1.29 is 51.1 Å². The fraction of sp³-hybridized carbons (Fsp3) is 0.250. The summed E-state index contributed by atoms with van der Waals surface area (Å²) in [5, 5.41) is 0. The van der Waals surface area contributed by atoms with E-state index in [4.69, 9.17) is 0 Å². The molecule has 0 saturated carbocycles. The average molecular weight is 261 g/mol. The Kier molecular flexibility index (Phi) is 5.99. The average Bonchev–Trinajstić information content (AvgIpc) is 2.15. The van der Waals surface area contributed by atoms with Gasteiger partial charge in [-0.25, -0.2) is 8.42 Å². The van der Waals surface area contributed by atoms with Crippen LogP contribution in [0.4, 0.5) is 13.2 Å². The van der Waals surface area contributed by atoms with Crippen LogP contribution in [0.3, 0.4) is 0 Å². The van der Waals surface area contributed by atoms with Crippen molar-refractivity contribution in [3.05, 3.63) is 40.6 Å². The van der Waals surface area contributed by atoms with E-state index >= 15 is 0 Å². The van der Waals surface area contributed by atoms with Crippen LogP contribution < -0.4 is 29.6 Å². The topological polar surface area (TPSA) is 48.2 Å². The Balaban J connectivity index is 0.00000225. The van der Waals surface area contributed by atoms with E-state index in [0.29, 0.717) is 5.56 Å². The third-order valence-electron chi connectivity index (χ3n) is 1.55. The molecule has 0 bridgehead atoms. The minimum Gasteiger partial charge on any atom is -0.537 e. The van der Waals surface area contributed by atoms with Crippen LogP contribution in [0.5, 0.6) is 0 Å². The largest absolute Gasteiger partial charge is 1.00 e. The SMILES string of the molecule is O=S(=O)([N-]Cc1ccccc1)C(F)(F)F.[Na+]. The van der Waals surface area contributed by atoms with Gasteiger partial charge in [-0.15, -0.1) is 6.54 Å². The van der Waals surface area contributed by atoms with Gasteiger partial charge in [-0.05, 0) is 0 Å². The summed E-state index contributed by atoms with van der Waals surface area (Å²) in [6.07, 6.45) is 0. The predicted molar refractivity (Wildman–Crippen MR) is 48.5 cm³/mol. The second-order valence-corrected chi connectivity index (χ2v) is 4.36. The van der Waals surface area contributed by atoms with E-state index in [9.17, 15) is 21.6 Å². The monoisotopic (exact) mass is 261 g/mol. The predicted octanol–water partition coefficient (Wildman–Crippen LogP) is -0.586. The molecule has 0 radical (unpaired) electrons. The maximum Gasteiger partial charge on any atom is 1.00 e. The van der Waals surface area contributed by atoms with Gasteiger partial charge in [-0.1, -0.05) is 35.9 Å². The van der Waals surface area contributed by atoms with Crippen LogP contribution in [-0.2, 0) is 16.6 Å². The zero-order valence-corrected chi connectivity index (χ0v) is 11.2. The van der Waals surface area contributed by atoms with Crippen LogP contribution in [0.25, 0.3) is 4.72 Å². The van der Waals surface area contributed by atoms with Crippen molar-refractivity contribution in [2.24, 2.45) is 0 Å². The first kappa shape index (κ1) is 15.9. The first-order valence-corrected chi connectivity index (χ1v) is 5.31. The van der Waals surface area contributed by atoms with E-state index in [2.05, 4.69) is 4.72 Å². The molecule has 0 amide bonds. The van der Waals surface area contributed by atoms with Crippen LogP contribution >= 0.6 is 0 Å². The van der Waals surface area contributed by atoms with Gasteiger partial charge in [-0.2, -0.15) is 13.2 Å². The van der Waals surface area contributed by atoms with Crippen LogP contribution in [0, 0.1) is 0 Å². The smallest absolute Gasteiger partial charge is 0.537 e. The molecule has 0 aromatic heterocycles. The van der Waals surface area contributed by atoms with Gasteiger partial charge in [0.15, 0.2) is 10.0 Å². The van der Waals surface area contributed by atoms with E-state index < -0.39 is 22.1 Å². The van der Waals surface area contributed by atoms with E-state index in [1.807, 2.05) is 0 Å². The Morgan fingerprint density at radius 2 is 1.62 bits per heavy atom. The molecule has 0 fully saturated rings. The Morgan fingerprint density at radius 3 is 2.06 bits per heavy atom. The number of benzene rings is 1. The zero-order chi connectivity index (χ0) is 11.5. The number of rotatable bonds is 3. The van der Waals surface area contributed by atoms with E-state index in [1.54, 1.807) is 18.2 Å². The number of alkyl halides is 3. The minimum atomic E-state index is -5.37. The van der Waals surface area contributed by atoms with Crippen molar-refractivity contribution in [2.75, 3.05) is 0 Å². The molecule has 0 saturated heterocycles. The summed E-state index contributed by atoms with van der Waals surface area (Å²) in [7, 11) is -5.37. The quantitative estimate of drug-likeness (QED) is 0.683. The molecular formula is C8H7F3NNaO2S. The summed E-state index contributed by atoms with van der Waals surface area (Å²) in [6, 6.07) is 7.84. The summed E-state index contributed by atoms with van der Waals surface area (Å²) in [4.78, 5) is 0. The molecule has 1 aromatic carbocycles. The Labute approximate surface area is 113 Å². The minimum absolute atomic E-state index is 0. The zero-order valence-electron chi connectivity index (χ0n) is 8.40. The summed E-state index contributed by atoms with van der Waals surface area (Å²) in [5.41, 5.74) is -4.91. The first-order chi connectivity index (χ1) is 6.83. The Bertz CT molecular complexity index is 419. The van der Waals surface area contributed by atoms with Crippen LogP contribution in [0.1, 0.15) is 5.56 Å². The van der Waals surface area contributed by atoms with E-state index in [0.717, 1.165) is 0 Å². The van der Waals surface area contributed by atoms with Crippen LogP contribution in [0.2, 0.25) is 0 Å². The standard InChI is InChI=1S/C8H7F3NO2S.Na/c9-8(10,11)15(13,14)12-6-7-4-2-1-3-5-7;/h1-5H,6H2;/q-1;+1. The molecule has 0 spiro atoms. The summed E-state index contributed by atoms with van der Waals surface area (Å²) >= 11 is 0. The van der Waals surface area contributed by atoms with Crippen molar-refractivity contribution in [2.45, 2.75) is 12.1 Å². The van der Waals surface area contributed by atoms with E-state index in [1.165, 1.54) is 12.1 Å². The fourth-order valence-electron chi connectivity index (χ4n) is 0.816. The molecule has 0 N–H and O–H groups in total. The van der Waals surface area contributed by atoms with E-state index in [-0.39, 0.29) is 29.6 Å². The second kappa shape index (κ2) is 6.02. The van der Waals surface area contributed by atoms with Gasteiger partial charge in [0.25, 0.3) is 0 Å². The van der Waals surface area contributed by atoms with Crippen LogP contribution in [-0.4, -0.2) is 13.9 Å². The van der Waals surface area contributed by atoms with Crippen molar-refractivity contribution in [3.8, 4) is 0 Å². The number of nitrogens with zero attached hydrogens (tertiary/aromatic N) is 1. The Hall–Kier alpha value is -0.0800. The molecule has 0 atom stereocenters. The van der Waals surface area contributed by atoms with Gasteiger partial charge in [-0.3, -0.25) is 0 Å². The molecule has 0 aliphatic carbocycles. The molecule has 0 unspecified atom stereocenters. The number of hydrogen-bond donors (Lipinski definition) is 0. The maximum absolute atomic E-state index is 11.9. The van der Waals surface area contributed by atoms with Gasteiger partial charge in [0, 0.05) is 0 Å². The number of halogens is 3. The molecule has 0 heterocycles. The molecule has 0 aliphatic rings. The van der Waals surface area contributed by atoms with Crippen molar-refractivity contribution in [1.82, 2.24) is 0 Å². The molecular weight excluding hydrogens is 254 g/mol. The molecule has 0 aliphatic heterocycles. The molecule has 3 nitrogen and oxygen atoms in total. The van der Waals surface area contributed by atoms with Crippen molar-refractivity contribution >= 4 is 10.0 Å². The summed E-state index contributed by atoms with van der Waals surface area (Å²) in [6.45, 7) is -0.497. The summed E-state index contributed by atoms with van der Waals surface area (Å²) < 4.78 is 59.3. The van der Waals surface area contributed by atoms with Gasteiger partial charge >= 0.3 is 35.1 Å². The molecule has 84 valence electrons. The third kappa shape index (κ3) is 4.42. The normalized spacial score (nSPS) is 11.9. The third-order valence-corrected chi connectivity index (χ3v) is 2.61. The van der Waals surface area contributed by atoms with Crippen molar-refractivity contribution in [3.63, 3.8) is 0 Å². The Morgan fingerprint density at radius 1 is 1.12 bits per heavy atom. The van der Waals surface area contributed by atoms with Gasteiger partial charge < -0.3 is 4.72 Å². The summed E-state index contributed by atoms with van der Waals surface area (Å²) in [5.74, 6) is 0.